The molecule has 1 atom stereocenters. The normalized spacial score (nSPS) is 19.0. The van der Waals surface area contributed by atoms with E-state index in [-0.39, 0.29) is 42.2 Å². The van der Waals surface area contributed by atoms with Crippen LogP contribution in [0.25, 0.3) is 9.88 Å². The van der Waals surface area contributed by atoms with E-state index in [1.54, 1.807) is 11.3 Å². The number of hydrogen-bond acceptors (Lipinski definition) is 5. The summed E-state index contributed by atoms with van der Waals surface area (Å²) >= 11 is 9.03. The molecule has 3 heterocycles. The molecule has 1 aliphatic rings. The molecule has 1 aliphatic heterocycles. The van der Waals surface area contributed by atoms with Gasteiger partial charge in [-0.1, -0.05) is 25.4 Å². The lowest BCUT2D eigenvalue weighted by molar-refractivity contribution is -0.133. The van der Waals surface area contributed by atoms with E-state index in [2.05, 4.69) is 18.8 Å². The standard InChI is InChI=1S/C16H20ClN3OS2.2ClH/c1-16(2)9-20(6-5-12(16)18)14(21)7-10-8-22-15(19-10)11-3-4-13(17)23-11;;/h3-4,8,12H,5-7,9,18H2,1-2H3;2*1H. The summed E-state index contributed by atoms with van der Waals surface area (Å²) < 4.78 is 0.750. The van der Waals surface area contributed by atoms with Crippen LogP contribution in [-0.2, 0) is 11.2 Å². The van der Waals surface area contributed by atoms with Gasteiger partial charge in [-0.3, -0.25) is 4.79 Å². The van der Waals surface area contributed by atoms with Gasteiger partial charge in [-0.15, -0.1) is 47.5 Å². The Morgan fingerprint density at radius 1 is 1.44 bits per heavy atom. The average Bonchev–Trinajstić information content (AvgIpc) is 3.10. The van der Waals surface area contributed by atoms with Crippen molar-refractivity contribution in [1.29, 1.82) is 0 Å². The molecule has 1 unspecified atom stereocenters. The highest BCUT2D eigenvalue weighted by Crippen LogP contribution is 2.33. The fraction of sp³-hybridized carbons (Fsp3) is 0.500. The summed E-state index contributed by atoms with van der Waals surface area (Å²) in [7, 11) is 0. The van der Waals surface area contributed by atoms with Gasteiger partial charge in [0.15, 0.2) is 0 Å². The number of thiazole rings is 1. The van der Waals surface area contributed by atoms with E-state index in [9.17, 15) is 4.79 Å². The molecule has 1 amide bonds. The fourth-order valence-corrected chi connectivity index (χ4v) is 4.72. The van der Waals surface area contributed by atoms with Crippen molar-refractivity contribution in [2.75, 3.05) is 13.1 Å². The zero-order valence-electron chi connectivity index (χ0n) is 14.0. The number of halogens is 3. The SMILES string of the molecule is CC1(C)CN(C(=O)Cc2csc(-c3ccc(Cl)s3)n2)CCC1N.Cl.Cl. The van der Waals surface area contributed by atoms with Crippen molar-refractivity contribution in [3.05, 3.63) is 27.5 Å². The number of nitrogens with two attached hydrogens (primary N) is 1. The number of hydrogen-bond donors (Lipinski definition) is 1. The number of aromatic nitrogens is 1. The Balaban J connectivity index is 0.00000156. The van der Waals surface area contributed by atoms with Crippen LogP contribution in [0.2, 0.25) is 4.34 Å². The summed E-state index contributed by atoms with van der Waals surface area (Å²) in [6, 6.07) is 3.99. The van der Waals surface area contributed by atoms with Gasteiger partial charge in [0.05, 0.1) is 21.3 Å². The van der Waals surface area contributed by atoms with Crippen LogP contribution in [0.4, 0.5) is 0 Å². The van der Waals surface area contributed by atoms with Crippen molar-refractivity contribution in [1.82, 2.24) is 9.88 Å². The Hall–Kier alpha value is -0.370. The number of carbonyl (C=O) groups is 1. The second-order valence-corrected chi connectivity index (χ2v) is 9.20. The molecule has 1 fully saturated rings. The molecule has 0 spiro atoms. The first kappa shape index (κ1) is 22.7. The number of thiophene rings is 1. The minimum atomic E-state index is -0.0329. The maximum atomic E-state index is 12.5. The largest absolute Gasteiger partial charge is 0.342 e. The highest BCUT2D eigenvalue weighted by molar-refractivity contribution is 7.23. The van der Waals surface area contributed by atoms with Crippen molar-refractivity contribution < 1.29 is 4.79 Å². The van der Waals surface area contributed by atoms with Crippen molar-refractivity contribution in [2.24, 2.45) is 11.1 Å². The maximum absolute atomic E-state index is 12.5. The summed E-state index contributed by atoms with van der Waals surface area (Å²) in [5.74, 6) is 0.131. The Labute approximate surface area is 173 Å². The van der Waals surface area contributed by atoms with Gasteiger partial charge >= 0.3 is 0 Å². The van der Waals surface area contributed by atoms with E-state index < -0.39 is 0 Å². The van der Waals surface area contributed by atoms with Crippen LogP contribution >= 0.6 is 59.1 Å². The van der Waals surface area contributed by atoms with Gasteiger partial charge in [-0.25, -0.2) is 4.98 Å². The third kappa shape index (κ3) is 5.31. The Kier molecular flexibility index (Phi) is 8.18. The minimum absolute atomic E-state index is 0. The number of likely N-dealkylation sites (tertiary alicyclic amines) is 1. The molecule has 2 aromatic rings. The Morgan fingerprint density at radius 3 is 2.76 bits per heavy atom. The predicted octanol–water partition coefficient (Wildman–Crippen LogP) is 4.50. The third-order valence-corrected chi connectivity index (χ3v) is 6.62. The Morgan fingerprint density at radius 2 is 2.16 bits per heavy atom. The van der Waals surface area contributed by atoms with Crippen LogP contribution in [0.3, 0.4) is 0 Å². The van der Waals surface area contributed by atoms with Gasteiger partial charge in [-0.2, -0.15) is 0 Å². The third-order valence-electron chi connectivity index (χ3n) is 4.33. The first-order valence-corrected chi connectivity index (χ1v) is 9.66. The molecular formula is C16H22Cl3N3OS2. The van der Waals surface area contributed by atoms with Crippen molar-refractivity contribution in [3.8, 4) is 9.88 Å². The lowest BCUT2D eigenvalue weighted by Gasteiger charge is -2.42. The smallest absolute Gasteiger partial charge is 0.228 e. The minimum Gasteiger partial charge on any atom is -0.342 e. The summed E-state index contributed by atoms with van der Waals surface area (Å²) in [6.07, 6.45) is 1.20. The van der Waals surface area contributed by atoms with Gasteiger partial charge < -0.3 is 10.6 Å². The Bertz CT molecular complexity index is 717. The van der Waals surface area contributed by atoms with Crippen LogP contribution in [0.15, 0.2) is 17.5 Å². The lowest BCUT2D eigenvalue weighted by Crippen LogP contribution is -2.54. The predicted molar refractivity (Wildman–Crippen MR) is 112 cm³/mol. The van der Waals surface area contributed by atoms with Gasteiger partial charge in [0, 0.05) is 24.5 Å². The van der Waals surface area contributed by atoms with Crippen LogP contribution in [0.5, 0.6) is 0 Å². The molecule has 0 aromatic carbocycles. The van der Waals surface area contributed by atoms with E-state index in [0.29, 0.717) is 13.0 Å². The lowest BCUT2D eigenvalue weighted by atomic mass is 9.79. The van der Waals surface area contributed by atoms with Crippen molar-refractivity contribution in [3.63, 3.8) is 0 Å². The van der Waals surface area contributed by atoms with Gasteiger partial charge in [-0.05, 0) is 24.0 Å². The van der Waals surface area contributed by atoms with E-state index in [4.69, 9.17) is 17.3 Å². The molecule has 9 heteroatoms. The number of carbonyl (C=O) groups excluding carboxylic acids is 1. The maximum Gasteiger partial charge on any atom is 0.228 e. The molecule has 25 heavy (non-hydrogen) atoms. The van der Waals surface area contributed by atoms with Crippen LogP contribution in [-0.4, -0.2) is 34.9 Å². The van der Waals surface area contributed by atoms with E-state index in [1.807, 2.05) is 22.4 Å². The van der Waals surface area contributed by atoms with Crippen LogP contribution < -0.4 is 5.73 Å². The molecule has 0 bridgehead atoms. The molecular weight excluding hydrogens is 421 g/mol. The summed E-state index contributed by atoms with van der Waals surface area (Å²) in [6.45, 7) is 5.70. The molecule has 3 rings (SSSR count). The number of nitrogens with zero attached hydrogens (tertiary/aromatic N) is 2. The number of piperidine rings is 1. The number of rotatable bonds is 3. The second kappa shape index (κ2) is 9.02. The van der Waals surface area contributed by atoms with E-state index in [0.717, 1.165) is 32.9 Å². The quantitative estimate of drug-likeness (QED) is 0.761. The van der Waals surface area contributed by atoms with E-state index >= 15 is 0 Å². The summed E-state index contributed by atoms with van der Waals surface area (Å²) in [5.41, 5.74) is 6.93. The first-order valence-electron chi connectivity index (χ1n) is 7.58. The summed E-state index contributed by atoms with van der Waals surface area (Å²) in [4.78, 5) is 20.1. The highest BCUT2D eigenvalue weighted by atomic mass is 35.5. The molecule has 1 saturated heterocycles. The highest BCUT2D eigenvalue weighted by Gasteiger charge is 2.35. The van der Waals surface area contributed by atoms with Crippen molar-refractivity contribution >= 4 is 65.0 Å². The zero-order valence-corrected chi connectivity index (χ0v) is 18.1. The monoisotopic (exact) mass is 441 g/mol. The van der Waals surface area contributed by atoms with Gasteiger partial charge in [0.1, 0.15) is 5.01 Å². The molecule has 140 valence electrons. The van der Waals surface area contributed by atoms with Gasteiger partial charge in [0.2, 0.25) is 5.91 Å². The average molecular weight is 443 g/mol. The molecule has 0 radical (unpaired) electrons. The molecule has 4 nitrogen and oxygen atoms in total. The fourth-order valence-electron chi connectivity index (χ4n) is 2.78. The topological polar surface area (TPSA) is 59.2 Å². The molecule has 2 aromatic heterocycles. The summed E-state index contributed by atoms with van der Waals surface area (Å²) in [5, 5.41) is 2.88. The molecule has 0 saturated carbocycles. The van der Waals surface area contributed by atoms with Gasteiger partial charge in [0.25, 0.3) is 0 Å². The van der Waals surface area contributed by atoms with Crippen LogP contribution in [0, 0.1) is 5.41 Å². The zero-order chi connectivity index (χ0) is 16.6. The van der Waals surface area contributed by atoms with E-state index in [1.165, 1.54) is 11.3 Å². The molecule has 0 aliphatic carbocycles. The first-order chi connectivity index (χ1) is 10.8. The second-order valence-electron chi connectivity index (χ2n) is 6.62. The number of amides is 1. The van der Waals surface area contributed by atoms with Crippen LogP contribution in [0.1, 0.15) is 26.0 Å². The molecule has 2 N–H and O–H groups in total. The van der Waals surface area contributed by atoms with Crippen molar-refractivity contribution in [2.45, 2.75) is 32.7 Å².